The van der Waals surface area contributed by atoms with E-state index < -0.39 is 5.97 Å². The third kappa shape index (κ3) is 3.38. The van der Waals surface area contributed by atoms with Crippen LogP contribution in [0.1, 0.15) is 45.7 Å². The Kier molecular flexibility index (Phi) is 4.76. The number of fused-ring (bicyclic) bond motifs is 2. The summed E-state index contributed by atoms with van der Waals surface area (Å²) in [6.07, 6.45) is 4.76. The predicted molar refractivity (Wildman–Crippen MR) is 95.6 cm³/mol. The number of aromatic carboxylic acids is 1. The van der Waals surface area contributed by atoms with E-state index in [1.54, 1.807) is 0 Å². The number of nitrogens with one attached hydrogen (secondary N) is 2. The highest BCUT2D eigenvalue weighted by Gasteiger charge is 2.21. The van der Waals surface area contributed by atoms with E-state index in [-0.39, 0.29) is 5.91 Å². The minimum Gasteiger partial charge on any atom is -0.477 e. The summed E-state index contributed by atoms with van der Waals surface area (Å²) < 4.78 is 1.02. The second kappa shape index (κ2) is 6.81. The van der Waals surface area contributed by atoms with Gasteiger partial charge in [0.05, 0.1) is 6.42 Å². The average Bonchev–Trinajstić information content (AvgIpc) is 3.07. The number of aryl methyl sites for hydroxylation is 1. The zero-order chi connectivity index (χ0) is 17.3. The number of H-pyrrole nitrogens is 1. The summed E-state index contributed by atoms with van der Waals surface area (Å²) >= 11 is 3.35. The number of rotatable bonds is 1. The van der Waals surface area contributed by atoms with Crippen molar-refractivity contribution in [3.63, 3.8) is 0 Å². The van der Waals surface area contributed by atoms with Crippen LogP contribution in [0.4, 0.5) is 5.69 Å². The summed E-state index contributed by atoms with van der Waals surface area (Å²) in [5.41, 5.74) is 5.74. The average molecular weight is 391 g/mol. The van der Waals surface area contributed by atoms with Crippen molar-refractivity contribution in [3.8, 4) is 0 Å². The molecular formula is C18H19BrN2O3. The van der Waals surface area contributed by atoms with Crippen LogP contribution < -0.4 is 5.32 Å². The zero-order valence-electron chi connectivity index (χ0n) is 13.4. The van der Waals surface area contributed by atoms with Crippen molar-refractivity contribution in [2.75, 3.05) is 5.32 Å². The number of halogens is 1. The number of hydrogen-bond donors (Lipinski definition) is 3. The van der Waals surface area contributed by atoms with Gasteiger partial charge in [0.15, 0.2) is 0 Å². The first-order valence-corrected chi connectivity index (χ1v) is 8.77. The van der Waals surface area contributed by atoms with Crippen LogP contribution >= 0.6 is 15.9 Å². The highest BCUT2D eigenvalue weighted by molar-refractivity contribution is 9.10. The third-order valence-corrected chi connectivity index (χ3v) is 4.93. The van der Waals surface area contributed by atoms with E-state index in [2.05, 4.69) is 26.2 Å². The van der Waals surface area contributed by atoms with Gasteiger partial charge >= 0.3 is 5.97 Å². The van der Waals surface area contributed by atoms with Crippen molar-refractivity contribution in [1.82, 2.24) is 4.98 Å². The second-order valence-electron chi connectivity index (χ2n) is 6.12. The van der Waals surface area contributed by atoms with Crippen LogP contribution in [0.2, 0.25) is 0 Å². The molecule has 0 saturated heterocycles. The van der Waals surface area contributed by atoms with E-state index in [4.69, 9.17) is 5.11 Å². The van der Waals surface area contributed by atoms with Crippen LogP contribution in [0.15, 0.2) is 22.7 Å². The Bertz CT molecular complexity index is 811. The van der Waals surface area contributed by atoms with Crippen LogP contribution in [0.25, 0.3) is 0 Å². The lowest BCUT2D eigenvalue weighted by Gasteiger charge is -2.11. The van der Waals surface area contributed by atoms with Gasteiger partial charge in [-0.1, -0.05) is 15.9 Å². The quantitative estimate of drug-likeness (QED) is 0.691. The summed E-state index contributed by atoms with van der Waals surface area (Å²) in [5.74, 6) is -0.746. The lowest BCUT2D eigenvalue weighted by atomic mass is 9.92. The molecule has 0 radical (unpaired) electrons. The van der Waals surface area contributed by atoms with Crippen molar-refractivity contribution in [2.45, 2.75) is 39.0 Å². The normalized spacial score (nSPS) is 15.0. The van der Waals surface area contributed by atoms with Gasteiger partial charge in [0.2, 0.25) is 5.91 Å². The van der Waals surface area contributed by atoms with E-state index in [0.29, 0.717) is 12.1 Å². The number of carboxylic acids is 1. The van der Waals surface area contributed by atoms with Gasteiger partial charge in [-0.15, -0.1) is 0 Å². The van der Waals surface area contributed by atoms with Gasteiger partial charge in [-0.05, 0) is 67.5 Å². The number of carboxylic acid groups (broad SMARTS) is 1. The number of anilines is 1. The largest absolute Gasteiger partial charge is 0.477 e. The Balaban J connectivity index is 0.000000143. The van der Waals surface area contributed by atoms with Crippen LogP contribution in [-0.4, -0.2) is 22.0 Å². The molecule has 0 bridgehead atoms. The molecule has 0 spiro atoms. The predicted octanol–water partition coefficient (Wildman–Crippen LogP) is 3.84. The molecule has 3 N–H and O–H groups in total. The van der Waals surface area contributed by atoms with E-state index in [0.717, 1.165) is 46.2 Å². The summed E-state index contributed by atoms with van der Waals surface area (Å²) in [6.45, 7) is 1.95. The smallest absolute Gasteiger partial charge is 0.352 e. The lowest BCUT2D eigenvalue weighted by molar-refractivity contribution is -0.115. The molecule has 0 atom stereocenters. The molecule has 1 aliphatic carbocycles. The van der Waals surface area contributed by atoms with Gasteiger partial charge in [0.25, 0.3) is 0 Å². The summed E-state index contributed by atoms with van der Waals surface area (Å²) in [5, 5.41) is 11.7. The molecule has 126 valence electrons. The first kappa shape index (κ1) is 16.8. The van der Waals surface area contributed by atoms with E-state index in [1.165, 1.54) is 12.0 Å². The first-order valence-electron chi connectivity index (χ1n) is 7.97. The fourth-order valence-electron chi connectivity index (χ4n) is 3.31. The topological polar surface area (TPSA) is 82.2 Å². The molecule has 2 aliphatic rings. The molecular weight excluding hydrogens is 372 g/mol. The molecule has 4 rings (SSSR count). The molecule has 1 amide bonds. The minimum atomic E-state index is -0.828. The summed E-state index contributed by atoms with van der Waals surface area (Å²) in [7, 11) is 0. The number of carbonyl (C=O) groups excluding carboxylic acids is 1. The number of carbonyl (C=O) groups is 2. The molecule has 1 aliphatic heterocycles. The first-order chi connectivity index (χ1) is 11.5. The molecule has 0 unspecified atom stereocenters. The second-order valence-corrected chi connectivity index (χ2v) is 7.04. The van der Waals surface area contributed by atoms with E-state index >= 15 is 0 Å². The number of aromatic nitrogens is 1. The van der Waals surface area contributed by atoms with Crippen molar-refractivity contribution < 1.29 is 14.7 Å². The van der Waals surface area contributed by atoms with E-state index in [9.17, 15) is 9.59 Å². The number of aromatic amines is 1. The van der Waals surface area contributed by atoms with Crippen LogP contribution in [0.3, 0.4) is 0 Å². The van der Waals surface area contributed by atoms with Gasteiger partial charge in [0.1, 0.15) is 5.69 Å². The monoisotopic (exact) mass is 390 g/mol. The highest BCUT2D eigenvalue weighted by atomic mass is 79.9. The Morgan fingerprint density at radius 2 is 1.92 bits per heavy atom. The van der Waals surface area contributed by atoms with Crippen molar-refractivity contribution in [2.24, 2.45) is 0 Å². The molecule has 24 heavy (non-hydrogen) atoms. The lowest BCUT2D eigenvalue weighted by Crippen LogP contribution is -2.06. The molecule has 2 aromatic rings. The fourth-order valence-corrected chi connectivity index (χ4v) is 3.72. The molecule has 0 saturated carbocycles. The fraction of sp³-hybridized carbons (Fsp3) is 0.333. The van der Waals surface area contributed by atoms with Crippen LogP contribution in [-0.2, 0) is 24.1 Å². The van der Waals surface area contributed by atoms with Gasteiger partial charge in [-0.2, -0.15) is 0 Å². The molecule has 1 aromatic carbocycles. The van der Waals surface area contributed by atoms with E-state index in [1.807, 2.05) is 25.1 Å². The van der Waals surface area contributed by atoms with Crippen LogP contribution in [0.5, 0.6) is 0 Å². The SMILES string of the molecule is Cc1[nH]c(C(=O)O)c2c1CCCC2.O=C1Cc2cc(Br)ccc2N1. The molecule has 1 aromatic heterocycles. The van der Waals surface area contributed by atoms with Crippen molar-refractivity contribution in [3.05, 3.63) is 50.8 Å². The maximum Gasteiger partial charge on any atom is 0.352 e. The van der Waals surface area contributed by atoms with Gasteiger partial charge in [-0.25, -0.2) is 4.79 Å². The Morgan fingerprint density at radius 3 is 2.62 bits per heavy atom. The van der Waals surface area contributed by atoms with Crippen LogP contribution in [0, 0.1) is 6.92 Å². The van der Waals surface area contributed by atoms with Crippen molar-refractivity contribution >= 4 is 33.5 Å². The molecule has 6 heteroatoms. The summed E-state index contributed by atoms with van der Waals surface area (Å²) in [4.78, 5) is 24.7. The molecule has 5 nitrogen and oxygen atoms in total. The van der Waals surface area contributed by atoms with Gasteiger partial charge < -0.3 is 15.4 Å². The van der Waals surface area contributed by atoms with Gasteiger partial charge in [-0.3, -0.25) is 4.79 Å². The molecule has 0 fully saturated rings. The number of amides is 1. The minimum absolute atomic E-state index is 0.0816. The molecule has 2 heterocycles. The maximum atomic E-state index is 10.9. The Labute approximate surface area is 148 Å². The Morgan fingerprint density at radius 1 is 1.21 bits per heavy atom. The standard InChI is InChI=1S/C10H13NO2.C8H6BrNO/c1-6-7-4-2-3-5-8(7)9(11-6)10(12)13;9-6-1-2-7-5(3-6)4-8(11)10-7/h11H,2-5H2,1H3,(H,12,13);1-3H,4H2,(H,10,11). The maximum absolute atomic E-state index is 10.9. The third-order valence-electron chi connectivity index (χ3n) is 4.44. The Hall–Kier alpha value is -2.08. The van der Waals surface area contributed by atoms with Gasteiger partial charge in [0, 0.05) is 15.9 Å². The zero-order valence-corrected chi connectivity index (χ0v) is 15.0. The number of benzene rings is 1. The highest BCUT2D eigenvalue weighted by Crippen LogP contribution is 2.27. The number of hydrogen-bond acceptors (Lipinski definition) is 2. The summed E-state index contributed by atoms with van der Waals surface area (Å²) in [6, 6.07) is 5.79. The van der Waals surface area contributed by atoms with Crippen molar-refractivity contribution in [1.29, 1.82) is 0 Å².